The van der Waals surface area contributed by atoms with Crippen LogP contribution in [0.3, 0.4) is 0 Å². The standard InChI is InChI=1S/C34H48N4O6/c1-22(2)16-27-20-38(32(40)17-23(3)4)21-31(39)35-15-7-8-25-19-26(11-14-30(25)44-6)33(41)37-29(34(42)36-27)18-24-9-12-28(43-5)13-10-24/h9-14,19,22-23,27,29H,7-8,15-18,20-21H2,1-6H3,(H,35,39)(H,36,42)(H,37,41)/t27-,29-/m0/s1. The van der Waals surface area contributed by atoms with Crippen molar-refractivity contribution >= 4 is 23.6 Å². The predicted molar refractivity (Wildman–Crippen MR) is 170 cm³/mol. The van der Waals surface area contributed by atoms with Crippen molar-refractivity contribution in [3.8, 4) is 11.5 Å². The minimum Gasteiger partial charge on any atom is -0.497 e. The number of aryl methyl sites for hydroxylation is 1. The first kappa shape index (κ1) is 34.4. The molecule has 0 spiro atoms. The fourth-order valence-electron chi connectivity index (χ4n) is 5.35. The summed E-state index contributed by atoms with van der Waals surface area (Å²) >= 11 is 0. The lowest BCUT2D eigenvalue weighted by atomic mass is 10.00. The first-order chi connectivity index (χ1) is 21.0. The fourth-order valence-corrected chi connectivity index (χ4v) is 5.35. The van der Waals surface area contributed by atoms with E-state index in [2.05, 4.69) is 16.0 Å². The molecule has 1 heterocycles. The molecular formula is C34H48N4O6. The second-order valence-electron chi connectivity index (χ2n) is 12.3. The van der Waals surface area contributed by atoms with Crippen molar-refractivity contribution in [2.45, 2.75) is 71.9 Å². The summed E-state index contributed by atoms with van der Waals surface area (Å²) < 4.78 is 10.8. The first-order valence-electron chi connectivity index (χ1n) is 15.4. The van der Waals surface area contributed by atoms with Gasteiger partial charge in [0.05, 0.1) is 20.8 Å². The lowest BCUT2D eigenvalue weighted by molar-refractivity contribution is -0.137. The summed E-state index contributed by atoms with van der Waals surface area (Å²) in [5.74, 6) is 0.512. The quantitative estimate of drug-likeness (QED) is 0.421. The van der Waals surface area contributed by atoms with E-state index in [1.54, 1.807) is 37.3 Å². The molecule has 1 aliphatic heterocycles. The monoisotopic (exact) mass is 608 g/mol. The number of carbonyl (C=O) groups excluding carboxylic acids is 4. The van der Waals surface area contributed by atoms with Crippen LogP contribution in [0.2, 0.25) is 0 Å². The summed E-state index contributed by atoms with van der Waals surface area (Å²) in [6.07, 6.45) is 2.30. The molecule has 3 rings (SSSR count). The smallest absolute Gasteiger partial charge is 0.251 e. The Morgan fingerprint density at radius 3 is 2.32 bits per heavy atom. The zero-order chi connectivity index (χ0) is 32.2. The number of hydrogen-bond acceptors (Lipinski definition) is 6. The number of nitrogens with one attached hydrogen (secondary N) is 3. The van der Waals surface area contributed by atoms with Crippen LogP contribution >= 0.6 is 0 Å². The van der Waals surface area contributed by atoms with Gasteiger partial charge >= 0.3 is 0 Å². The first-order valence-corrected chi connectivity index (χ1v) is 15.4. The molecule has 10 nitrogen and oxygen atoms in total. The van der Waals surface area contributed by atoms with Crippen LogP contribution < -0.4 is 25.4 Å². The average molecular weight is 609 g/mol. The Morgan fingerprint density at radius 1 is 0.955 bits per heavy atom. The van der Waals surface area contributed by atoms with E-state index in [0.29, 0.717) is 49.3 Å². The molecule has 1 aliphatic rings. The maximum absolute atomic E-state index is 13.9. The van der Waals surface area contributed by atoms with Gasteiger partial charge in [0.25, 0.3) is 5.91 Å². The Bertz CT molecular complexity index is 1280. The molecule has 0 aromatic heterocycles. The van der Waals surface area contributed by atoms with Crippen LogP contribution in [0.25, 0.3) is 0 Å². The van der Waals surface area contributed by atoms with Crippen LogP contribution in [0.5, 0.6) is 11.5 Å². The van der Waals surface area contributed by atoms with Crippen LogP contribution in [-0.4, -0.2) is 74.5 Å². The van der Waals surface area contributed by atoms with Crippen LogP contribution in [0.1, 0.15) is 68.4 Å². The molecule has 0 saturated heterocycles. The van der Waals surface area contributed by atoms with E-state index in [1.807, 2.05) is 52.0 Å². The molecule has 4 amide bonds. The molecule has 44 heavy (non-hydrogen) atoms. The lowest BCUT2D eigenvalue weighted by Crippen LogP contribution is -2.54. The van der Waals surface area contributed by atoms with Gasteiger partial charge in [0.15, 0.2) is 0 Å². The molecule has 2 aromatic carbocycles. The second kappa shape index (κ2) is 16.7. The van der Waals surface area contributed by atoms with E-state index >= 15 is 0 Å². The summed E-state index contributed by atoms with van der Waals surface area (Å²) in [6.45, 7) is 8.49. The SMILES string of the molecule is COc1ccc(C[C@@H]2NC(=O)c3ccc(OC)c(c3)CCCNC(=O)CN(C(=O)CC(C)C)C[C@H](CC(C)C)NC2=O)cc1. The van der Waals surface area contributed by atoms with Crippen molar-refractivity contribution in [2.24, 2.45) is 11.8 Å². The molecular weight excluding hydrogens is 560 g/mol. The molecule has 240 valence electrons. The maximum atomic E-state index is 13.9. The van der Waals surface area contributed by atoms with E-state index in [0.717, 1.165) is 11.1 Å². The predicted octanol–water partition coefficient (Wildman–Crippen LogP) is 3.51. The molecule has 0 radical (unpaired) electrons. The number of methoxy groups -OCH3 is 2. The number of nitrogens with zero attached hydrogens (tertiary/aromatic N) is 1. The highest BCUT2D eigenvalue weighted by Crippen LogP contribution is 2.22. The molecule has 0 fully saturated rings. The summed E-state index contributed by atoms with van der Waals surface area (Å²) in [6, 6.07) is 11.2. The van der Waals surface area contributed by atoms with Gasteiger partial charge in [-0.3, -0.25) is 19.2 Å². The van der Waals surface area contributed by atoms with Gasteiger partial charge in [-0.1, -0.05) is 39.8 Å². The number of fused-ring (bicyclic) bond motifs is 2. The summed E-state index contributed by atoms with van der Waals surface area (Å²) in [4.78, 5) is 55.3. The van der Waals surface area contributed by atoms with E-state index in [9.17, 15) is 19.2 Å². The fraction of sp³-hybridized carbons (Fsp3) is 0.529. The van der Waals surface area contributed by atoms with Gasteiger partial charge < -0.3 is 30.3 Å². The minimum absolute atomic E-state index is 0.0964. The molecule has 2 atom stereocenters. The highest BCUT2D eigenvalue weighted by Gasteiger charge is 2.28. The van der Waals surface area contributed by atoms with Crippen LogP contribution in [0, 0.1) is 11.8 Å². The molecule has 2 aromatic rings. The van der Waals surface area contributed by atoms with Gasteiger partial charge in [0.2, 0.25) is 17.7 Å². The number of benzene rings is 2. The van der Waals surface area contributed by atoms with Crippen LogP contribution in [-0.2, 0) is 27.2 Å². The van der Waals surface area contributed by atoms with Gasteiger partial charge in [-0.25, -0.2) is 0 Å². The highest BCUT2D eigenvalue weighted by molar-refractivity contribution is 5.98. The van der Waals surface area contributed by atoms with Crippen molar-refractivity contribution in [1.82, 2.24) is 20.9 Å². The third-order valence-corrected chi connectivity index (χ3v) is 7.52. The number of ether oxygens (including phenoxy) is 2. The van der Waals surface area contributed by atoms with E-state index in [4.69, 9.17) is 9.47 Å². The van der Waals surface area contributed by atoms with Gasteiger partial charge in [-0.05, 0) is 72.6 Å². The van der Waals surface area contributed by atoms with Crippen LogP contribution in [0.15, 0.2) is 42.5 Å². The third-order valence-electron chi connectivity index (χ3n) is 7.52. The van der Waals surface area contributed by atoms with Gasteiger partial charge in [0, 0.05) is 37.5 Å². The van der Waals surface area contributed by atoms with Crippen molar-refractivity contribution in [1.29, 1.82) is 0 Å². The Labute approximate surface area is 261 Å². The average Bonchev–Trinajstić information content (AvgIpc) is 2.97. The van der Waals surface area contributed by atoms with Crippen molar-refractivity contribution in [3.63, 3.8) is 0 Å². The number of amides is 4. The molecule has 2 bridgehead atoms. The highest BCUT2D eigenvalue weighted by atomic mass is 16.5. The lowest BCUT2D eigenvalue weighted by Gasteiger charge is -2.31. The topological polar surface area (TPSA) is 126 Å². The normalized spacial score (nSPS) is 18.7. The van der Waals surface area contributed by atoms with E-state index in [-0.39, 0.29) is 55.0 Å². The molecule has 3 N–H and O–H groups in total. The minimum atomic E-state index is -0.894. The Morgan fingerprint density at radius 2 is 1.68 bits per heavy atom. The van der Waals surface area contributed by atoms with Crippen molar-refractivity contribution < 1.29 is 28.7 Å². The third kappa shape index (κ3) is 10.6. The largest absolute Gasteiger partial charge is 0.497 e. The summed E-state index contributed by atoms with van der Waals surface area (Å²) in [5.41, 5.74) is 2.07. The van der Waals surface area contributed by atoms with Crippen molar-refractivity contribution in [3.05, 3.63) is 59.2 Å². The molecule has 0 saturated carbocycles. The molecule has 0 aliphatic carbocycles. The van der Waals surface area contributed by atoms with Crippen molar-refractivity contribution in [2.75, 3.05) is 33.9 Å². The van der Waals surface area contributed by atoms with Crippen LogP contribution in [0.4, 0.5) is 0 Å². The second-order valence-corrected chi connectivity index (χ2v) is 12.3. The van der Waals surface area contributed by atoms with E-state index in [1.165, 1.54) is 0 Å². The molecule has 0 unspecified atom stereocenters. The maximum Gasteiger partial charge on any atom is 0.251 e. The van der Waals surface area contributed by atoms with Gasteiger partial charge in [-0.15, -0.1) is 0 Å². The number of hydrogen-bond donors (Lipinski definition) is 3. The van der Waals surface area contributed by atoms with Gasteiger partial charge in [0.1, 0.15) is 17.5 Å². The Hall–Kier alpha value is -4.08. The molecule has 10 heteroatoms. The zero-order valence-corrected chi connectivity index (χ0v) is 26.9. The Balaban J connectivity index is 2.00. The summed E-state index contributed by atoms with van der Waals surface area (Å²) in [5, 5.41) is 8.99. The number of carbonyl (C=O) groups is 4. The summed E-state index contributed by atoms with van der Waals surface area (Å²) in [7, 11) is 3.16. The number of rotatable bonds is 8. The Kier molecular flexibility index (Phi) is 13.0. The van der Waals surface area contributed by atoms with E-state index < -0.39 is 12.1 Å². The van der Waals surface area contributed by atoms with Gasteiger partial charge in [-0.2, -0.15) is 0 Å². The zero-order valence-electron chi connectivity index (χ0n) is 26.9.